The molecule has 6 rings (SSSR count). The molecule has 0 bridgehead atoms. The normalized spacial score (nSPS) is 15.9. The van der Waals surface area contributed by atoms with Gasteiger partial charge in [-0.3, -0.25) is 9.59 Å². The van der Waals surface area contributed by atoms with Crippen molar-refractivity contribution < 1.29 is 34.1 Å². The van der Waals surface area contributed by atoms with Crippen molar-refractivity contribution in [3.8, 4) is 23.1 Å². The van der Waals surface area contributed by atoms with Crippen LogP contribution >= 0.6 is 0 Å². The summed E-state index contributed by atoms with van der Waals surface area (Å²) in [7, 11) is 0. The number of rotatable bonds is 9. The number of para-hydroxylation sites is 2. The number of aromatic nitrogens is 1. The summed E-state index contributed by atoms with van der Waals surface area (Å²) in [6.45, 7) is 0. The number of aromatic carboxylic acids is 1. The number of benzene rings is 4. The molecule has 4 N–H and O–H groups in total. The number of aromatic hydroxyl groups is 1. The number of ether oxygens (including phenoxy) is 2. The first-order valence-electron chi connectivity index (χ1n) is 14.9. The van der Waals surface area contributed by atoms with Crippen LogP contribution < -0.4 is 20.1 Å². The van der Waals surface area contributed by atoms with E-state index in [9.17, 15) is 24.6 Å². The zero-order valence-corrected chi connectivity index (χ0v) is 24.7. The van der Waals surface area contributed by atoms with E-state index in [1.165, 1.54) is 24.4 Å². The van der Waals surface area contributed by atoms with Gasteiger partial charge >= 0.3 is 5.97 Å². The third-order valence-corrected chi connectivity index (χ3v) is 7.87. The molecule has 0 radical (unpaired) electrons. The lowest BCUT2D eigenvalue weighted by atomic mass is 9.92. The van der Waals surface area contributed by atoms with Gasteiger partial charge in [-0.15, -0.1) is 0 Å². The highest BCUT2D eigenvalue weighted by molar-refractivity contribution is 6.07. The van der Waals surface area contributed by atoms with Crippen LogP contribution in [0.3, 0.4) is 0 Å². The molecule has 1 aliphatic carbocycles. The van der Waals surface area contributed by atoms with Gasteiger partial charge in [0.2, 0.25) is 5.88 Å². The average molecular weight is 618 g/mol. The Morgan fingerprint density at radius 2 is 1.41 bits per heavy atom. The smallest absolute Gasteiger partial charge is 0.337 e. The van der Waals surface area contributed by atoms with E-state index in [1.54, 1.807) is 42.5 Å². The lowest BCUT2D eigenvalue weighted by Gasteiger charge is -2.29. The van der Waals surface area contributed by atoms with Crippen LogP contribution in [0.1, 0.15) is 56.8 Å². The van der Waals surface area contributed by atoms with Crippen molar-refractivity contribution in [3.05, 3.63) is 120 Å². The lowest BCUT2D eigenvalue weighted by Crippen LogP contribution is -2.39. The molecule has 46 heavy (non-hydrogen) atoms. The quantitative estimate of drug-likeness (QED) is 0.141. The van der Waals surface area contributed by atoms with Crippen molar-refractivity contribution in [1.82, 2.24) is 10.3 Å². The Morgan fingerprint density at radius 3 is 2.11 bits per heavy atom. The number of carbonyl (C=O) groups is 3. The van der Waals surface area contributed by atoms with Crippen molar-refractivity contribution >= 4 is 34.2 Å². The largest absolute Gasteiger partial charge is 0.507 e. The average Bonchev–Trinajstić information content (AvgIpc) is 3.06. The number of pyridine rings is 1. The predicted octanol–water partition coefficient (Wildman–Crippen LogP) is 6.80. The topological polar surface area (TPSA) is 147 Å². The Labute approximate surface area is 264 Å². The molecule has 10 nitrogen and oxygen atoms in total. The highest BCUT2D eigenvalue weighted by Gasteiger charge is 2.25. The lowest BCUT2D eigenvalue weighted by molar-refractivity contribution is 0.0697. The highest BCUT2D eigenvalue weighted by atomic mass is 16.5. The van der Waals surface area contributed by atoms with Gasteiger partial charge in [0.1, 0.15) is 17.2 Å². The number of amides is 2. The molecule has 0 atom stereocenters. The summed E-state index contributed by atoms with van der Waals surface area (Å²) in [6, 6.07) is 27.4. The van der Waals surface area contributed by atoms with Crippen LogP contribution in [0, 0.1) is 0 Å². The molecule has 4 aromatic carbocycles. The molecule has 5 aromatic rings. The summed E-state index contributed by atoms with van der Waals surface area (Å²) in [5, 5.41) is 26.8. The van der Waals surface area contributed by atoms with Crippen molar-refractivity contribution in [3.63, 3.8) is 0 Å². The van der Waals surface area contributed by atoms with Gasteiger partial charge in [-0.1, -0.05) is 36.4 Å². The third-order valence-electron chi connectivity index (χ3n) is 7.87. The second-order valence-electron chi connectivity index (χ2n) is 11.0. The minimum absolute atomic E-state index is 0.00420. The van der Waals surface area contributed by atoms with Crippen LogP contribution in [0.4, 0.5) is 5.69 Å². The molecule has 1 fully saturated rings. The van der Waals surface area contributed by atoms with Gasteiger partial charge in [0, 0.05) is 18.3 Å². The van der Waals surface area contributed by atoms with E-state index in [2.05, 4.69) is 15.6 Å². The second-order valence-corrected chi connectivity index (χ2v) is 11.0. The fourth-order valence-electron chi connectivity index (χ4n) is 5.45. The van der Waals surface area contributed by atoms with Gasteiger partial charge in [0.05, 0.1) is 28.5 Å². The molecule has 10 heteroatoms. The molecule has 232 valence electrons. The zero-order chi connectivity index (χ0) is 32.0. The Kier molecular flexibility index (Phi) is 8.78. The first kappa shape index (κ1) is 30.1. The van der Waals surface area contributed by atoms with Gasteiger partial charge in [-0.2, -0.15) is 0 Å². The minimum Gasteiger partial charge on any atom is -0.507 e. The van der Waals surface area contributed by atoms with Crippen LogP contribution in [-0.4, -0.2) is 45.1 Å². The molecule has 0 unspecified atom stereocenters. The summed E-state index contributed by atoms with van der Waals surface area (Å²) in [5.74, 6) is -0.268. The number of phenols is 1. The number of nitrogens with one attached hydrogen (secondary N) is 2. The number of carboxylic acids is 1. The first-order chi connectivity index (χ1) is 22.3. The monoisotopic (exact) mass is 617 g/mol. The van der Waals surface area contributed by atoms with E-state index >= 15 is 0 Å². The van der Waals surface area contributed by atoms with Crippen molar-refractivity contribution in [2.24, 2.45) is 0 Å². The molecule has 1 aromatic heterocycles. The third kappa shape index (κ3) is 7.07. The number of fused-ring (bicyclic) bond motifs is 1. The molecule has 1 heterocycles. The standard InChI is InChI=1S/C36H31N3O7/c40-32-8-4-2-6-30(32)35(42)38-25-12-16-26(17-13-25)45-27-14-9-23-20-28(15-10-22(23)19-27)46-33-18-11-24(21-37-33)34(41)39-31-7-3-1-5-29(31)36(43)44/h1-11,14-15,18-21,25-26,40H,12-13,16-17H2,(H,38,42)(H,39,41)(H,43,44). The van der Waals surface area contributed by atoms with Crippen LogP contribution in [0.5, 0.6) is 23.1 Å². The van der Waals surface area contributed by atoms with Crippen LogP contribution in [0.25, 0.3) is 10.8 Å². The number of phenolic OH excluding ortho intramolecular Hbond substituents is 1. The number of carbonyl (C=O) groups excluding carboxylic acids is 2. The number of carboxylic acid groups (broad SMARTS) is 1. The Balaban J connectivity index is 1.02. The Bertz CT molecular complexity index is 1900. The van der Waals surface area contributed by atoms with Crippen molar-refractivity contribution in [1.29, 1.82) is 0 Å². The van der Waals surface area contributed by atoms with E-state index in [4.69, 9.17) is 9.47 Å². The van der Waals surface area contributed by atoms with E-state index in [0.717, 1.165) is 42.2 Å². The van der Waals surface area contributed by atoms with Gasteiger partial charge < -0.3 is 30.3 Å². The van der Waals surface area contributed by atoms with Crippen LogP contribution in [0.15, 0.2) is 103 Å². The number of hydrogen-bond acceptors (Lipinski definition) is 7. The van der Waals surface area contributed by atoms with E-state index in [1.807, 2.05) is 36.4 Å². The maximum Gasteiger partial charge on any atom is 0.337 e. The summed E-state index contributed by atoms with van der Waals surface area (Å²) in [5.41, 5.74) is 0.728. The number of nitrogens with zero attached hydrogens (tertiary/aromatic N) is 1. The molecule has 0 aliphatic heterocycles. The SMILES string of the molecule is O=C(Nc1ccccc1C(=O)O)c1ccc(Oc2ccc3cc(OC4CCC(NC(=O)c5ccccc5O)CC4)ccc3c2)nc1. The molecular formula is C36H31N3O7. The van der Waals surface area contributed by atoms with Gasteiger partial charge in [-0.05, 0) is 91.1 Å². The van der Waals surface area contributed by atoms with Crippen molar-refractivity contribution in [2.75, 3.05) is 5.32 Å². The highest BCUT2D eigenvalue weighted by Crippen LogP contribution is 2.30. The van der Waals surface area contributed by atoms with E-state index < -0.39 is 11.9 Å². The molecule has 0 spiro atoms. The van der Waals surface area contributed by atoms with Gasteiger partial charge in [0.15, 0.2) is 0 Å². The summed E-state index contributed by atoms with van der Waals surface area (Å²) >= 11 is 0. The fourth-order valence-corrected chi connectivity index (χ4v) is 5.45. The predicted molar refractivity (Wildman–Crippen MR) is 172 cm³/mol. The number of anilines is 1. The van der Waals surface area contributed by atoms with Crippen LogP contribution in [-0.2, 0) is 0 Å². The summed E-state index contributed by atoms with van der Waals surface area (Å²) in [6.07, 6.45) is 4.60. The summed E-state index contributed by atoms with van der Waals surface area (Å²) < 4.78 is 12.2. The zero-order valence-electron chi connectivity index (χ0n) is 24.7. The van der Waals surface area contributed by atoms with E-state index in [-0.39, 0.29) is 46.2 Å². The fraction of sp³-hybridized carbons (Fsp3) is 0.167. The first-order valence-corrected chi connectivity index (χ1v) is 14.9. The maximum absolute atomic E-state index is 12.7. The van der Waals surface area contributed by atoms with Crippen molar-refractivity contribution in [2.45, 2.75) is 37.8 Å². The van der Waals surface area contributed by atoms with Crippen LogP contribution in [0.2, 0.25) is 0 Å². The van der Waals surface area contributed by atoms with Gasteiger partial charge in [-0.25, -0.2) is 9.78 Å². The summed E-state index contributed by atoms with van der Waals surface area (Å²) in [4.78, 5) is 40.8. The molecule has 1 aliphatic rings. The number of hydrogen-bond donors (Lipinski definition) is 4. The van der Waals surface area contributed by atoms with E-state index in [0.29, 0.717) is 11.6 Å². The van der Waals surface area contributed by atoms with Gasteiger partial charge in [0.25, 0.3) is 11.8 Å². The molecule has 1 saturated carbocycles. The molecule has 0 saturated heterocycles. The molecular weight excluding hydrogens is 586 g/mol. The Hall–Kier alpha value is -5.90. The molecule has 2 amide bonds. The Morgan fingerprint density at radius 1 is 0.739 bits per heavy atom. The maximum atomic E-state index is 12.7. The minimum atomic E-state index is -1.13. The second kappa shape index (κ2) is 13.4.